The minimum Gasteiger partial charge on any atom is -0.385 e. The van der Waals surface area contributed by atoms with E-state index in [1.165, 1.54) is 0 Å². The van der Waals surface area contributed by atoms with Crippen molar-refractivity contribution in [3.05, 3.63) is 30.6 Å². The van der Waals surface area contributed by atoms with Gasteiger partial charge >= 0.3 is 0 Å². The second-order valence-electron chi connectivity index (χ2n) is 3.02. The third-order valence-corrected chi connectivity index (χ3v) is 1.97. The zero-order chi connectivity index (χ0) is 9.26. The number of rotatable bonds is 2. The zero-order valence-electron chi connectivity index (χ0n) is 7.65. The molecular formula is C10H13N3. The molecule has 0 aromatic heterocycles. The van der Waals surface area contributed by atoms with Crippen LogP contribution in [0.25, 0.3) is 0 Å². The molecule has 0 bridgehead atoms. The quantitative estimate of drug-likeness (QED) is 0.646. The Kier molecular flexibility index (Phi) is 1.85. The van der Waals surface area contributed by atoms with Gasteiger partial charge in [0.1, 0.15) is 5.82 Å². The lowest BCUT2D eigenvalue weighted by Gasteiger charge is -2.04. The van der Waals surface area contributed by atoms with Crippen molar-refractivity contribution < 1.29 is 0 Å². The number of anilines is 3. The molecule has 0 unspecified atom stereocenters. The average Bonchev–Trinajstić information content (AvgIpc) is 2.44. The first kappa shape index (κ1) is 7.98. The molecule has 2 rings (SSSR count). The summed E-state index contributed by atoms with van der Waals surface area (Å²) in [5, 5.41) is 9.54. The minimum atomic E-state index is 0.837. The van der Waals surface area contributed by atoms with Crippen LogP contribution >= 0.6 is 0 Å². The molecule has 0 saturated heterocycles. The second kappa shape index (κ2) is 3.01. The molecule has 0 spiro atoms. The smallest absolute Gasteiger partial charge is 0.100 e. The maximum Gasteiger partial charge on any atom is 0.100 e. The number of fused-ring (bicyclic) bond motifs is 1. The highest BCUT2D eigenvalue weighted by Gasteiger charge is 2.11. The van der Waals surface area contributed by atoms with Gasteiger partial charge < -0.3 is 16.0 Å². The number of benzene rings is 1. The summed E-state index contributed by atoms with van der Waals surface area (Å²) in [5.74, 6) is 0.837. The van der Waals surface area contributed by atoms with Crippen molar-refractivity contribution in [2.24, 2.45) is 0 Å². The van der Waals surface area contributed by atoms with Crippen LogP contribution < -0.4 is 16.0 Å². The largest absolute Gasteiger partial charge is 0.385 e. The van der Waals surface area contributed by atoms with Gasteiger partial charge in [-0.05, 0) is 25.1 Å². The standard InChI is InChI=1S/C10H13N3/c1-3-11-8-4-5-9-10(6-8)13-7(2)12-9/h4-6,11-13H,2-3H2,1H3. The van der Waals surface area contributed by atoms with E-state index in [4.69, 9.17) is 0 Å². The monoisotopic (exact) mass is 175 g/mol. The molecule has 3 nitrogen and oxygen atoms in total. The summed E-state index contributed by atoms with van der Waals surface area (Å²) in [7, 11) is 0. The molecule has 1 heterocycles. The fraction of sp³-hybridized carbons (Fsp3) is 0.200. The summed E-state index contributed by atoms with van der Waals surface area (Å²) in [6.45, 7) is 6.82. The predicted octanol–water partition coefficient (Wildman–Crippen LogP) is 2.43. The Morgan fingerprint density at radius 2 is 2.08 bits per heavy atom. The van der Waals surface area contributed by atoms with Crippen molar-refractivity contribution >= 4 is 17.1 Å². The van der Waals surface area contributed by atoms with Crippen LogP contribution in [-0.2, 0) is 0 Å². The maximum absolute atomic E-state index is 3.80. The Labute approximate surface area is 77.8 Å². The van der Waals surface area contributed by atoms with Gasteiger partial charge in [0.15, 0.2) is 0 Å². The van der Waals surface area contributed by atoms with Crippen LogP contribution in [-0.4, -0.2) is 6.54 Å². The van der Waals surface area contributed by atoms with E-state index in [1.54, 1.807) is 0 Å². The van der Waals surface area contributed by atoms with E-state index in [-0.39, 0.29) is 0 Å². The Morgan fingerprint density at radius 1 is 1.31 bits per heavy atom. The highest BCUT2D eigenvalue weighted by molar-refractivity contribution is 5.81. The Balaban J connectivity index is 2.29. The summed E-state index contributed by atoms with van der Waals surface area (Å²) in [6.07, 6.45) is 0. The second-order valence-corrected chi connectivity index (χ2v) is 3.02. The lowest BCUT2D eigenvalue weighted by atomic mass is 10.2. The first-order valence-corrected chi connectivity index (χ1v) is 4.40. The first-order chi connectivity index (χ1) is 6.29. The van der Waals surface area contributed by atoms with E-state index in [0.29, 0.717) is 0 Å². The molecule has 0 amide bonds. The molecule has 0 fully saturated rings. The first-order valence-electron chi connectivity index (χ1n) is 4.40. The maximum atomic E-state index is 3.80. The van der Waals surface area contributed by atoms with Crippen molar-refractivity contribution in [2.45, 2.75) is 6.92 Å². The molecular weight excluding hydrogens is 162 g/mol. The summed E-state index contributed by atoms with van der Waals surface area (Å²) >= 11 is 0. The van der Waals surface area contributed by atoms with E-state index in [2.05, 4.69) is 41.6 Å². The number of hydrogen-bond acceptors (Lipinski definition) is 3. The number of nitrogens with one attached hydrogen (secondary N) is 3. The fourth-order valence-corrected chi connectivity index (χ4v) is 1.43. The molecule has 1 aliphatic heterocycles. The van der Waals surface area contributed by atoms with Gasteiger partial charge in [0.2, 0.25) is 0 Å². The highest BCUT2D eigenvalue weighted by atomic mass is 15.2. The van der Waals surface area contributed by atoms with Crippen molar-refractivity contribution in [3.8, 4) is 0 Å². The topological polar surface area (TPSA) is 36.1 Å². The van der Waals surface area contributed by atoms with Gasteiger partial charge in [0.05, 0.1) is 11.4 Å². The third kappa shape index (κ3) is 1.45. The summed E-state index contributed by atoms with van der Waals surface area (Å²) in [5.41, 5.74) is 3.31. The van der Waals surface area contributed by atoms with Crippen LogP contribution in [0.15, 0.2) is 30.6 Å². The van der Waals surface area contributed by atoms with Crippen LogP contribution in [0, 0.1) is 0 Å². The number of hydrogen-bond donors (Lipinski definition) is 3. The normalized spacial score (nSPS) is 13.2. The third-order valence-electron chi connectivity index (χ3n) is 1.97. The van der Waals surface area contributed by atoms with Crippen LogP contribution in [0.2, 0.25) is 0 Å². The van der Waals surface area contributed by atoms with E-state index in [0.717, 1.165) is 29.4 Å². The molecule has 68 valence electrons. The van der Waals surface area contributed by atoms with Crippen LogP contribution in [0.3, 0.4) is 0 Å². The molecule has 3 heteroatoms. The predicted molar refractivity (Wildman–Crippen MR) is 57.0 cm³/mol. The average molecular weight is 175 g/mol. The van der Waals surface area contributed by atoms with E-state index < -0.39 is 0 Å². The fourth-order valence-electron chi connectivity index (χ4n) is 1.43. The van der Waals surface area contributed by atoms with Crippen molar-refractivity contribution in [2.75, 3.05) is 22.5 Å². The highest BCUT2D eigenvalue weighted by Crippen LogP contribution is 2.32. The van der Waals surface area contributed by atoms with Gasteiger partial charge in [-0.3, -0.25) is 0 Å². The lowest BCUT2D eigenvalue weighted by molar-refractivity contribution is 1.21. The van der Waals surface area contributed by atoms with Crippen LogP contribution in [0.5, 0.6) is 0 Å². The van der Waals surface area contributed by atoms with Gasteiger partial charge in [-0.25, -0.2) is 0 Å². The minimum absolute atomic E-state index is 0.837. The molecule has 0 atom stereocenters. The molecule has 1 aromatic rings. The Morgan fingerprint density at radius 3 is 2.85 bits per heavy atom. The van der Waals surface area contributed by atoms with Gasteiger partial charge in [-0.2, -0.15) is 0 Å². The molecule has 13 heavy (non-hydrogen) atoms. The molecule has 1 aromatic carbocycles. The van der Waals surface area contributed by atoms with Crippen LogP contribution in [0.1, 0.15) is 6.92 Å². The lowest BCUT2D eigenvalue weighted by Crippen LogP contribution is -1.96. The summed E-state index contributed by atoms with van der Waals surface area (Å²) < 4.78 is 0. The van der Waals surface area contributed by atoms with E-state index in [1.807, 2.05) is 6.07 Å². The van der Waals surface area contributed by atoms with Crippen molar-refractivity contribution in [3.63, 3.8) is 0 Å². The summed E-state index contributed by atoms with van der Waals surface area (Å²) in [6, 6.07) is 6.16. The zero-order valence-corrected chi connectivity index (χ0v) is 7.65. The van der Waals surface area contributed by atoms with Gasteiger partial charge in [0.25, 0.3) is 0 Å². The molecule has 0 aliphatic carbocycles. The molecule has 1 aliphatic rings. The van der Waals surface area contributed by atoms with Gasteiger partial charge in [-0.1, -0.05) is 6.58 Å². The van der Waals surface area contributed by atoms with E-state index in [9.17, 15) is 0 Å². The van der Waals surface area contributed by atoms with Crippen molar-refractivity contribution in [1.82, 2.24) is 0 Å². The van der Waals surface area contributed by atoms with E-state index >= 15 is 0 Å². The Hall–Kier alpha value is -1.64. The summed E-state index contributed by atoms with van der Waals surface area (Å²) in [4.78, 5) is 0. The van der Waals surface area contributed by atoms with Gasteiger partial charge in [0, 0.05) is 12.2 Å². The SMILES string of the molecule is C=C1Nc2ccc(NCC)cc2N1. The Bertz CT molecular complexity index is 344. The molecule has 0 radical (unpaired) electrons. The van der Waals surface area contributed by atoms with Gasteiger partial charge in [-0.15, -0.1) is 0 Å². The molecule has 3 N–H and O–H groups in total. The molecule has 0 saturated carbocycles. The van der Waals surface area contributed by atoms with Crippen molar-refractivity contribution in [1.29, 1.82) is 0 Å². The van der Waals surface area contributed by atoms with Crippen LogP contribution in [0.4, 0.5) is 17.1 Å².